The summed E-state index contributed by atoms with van der Waals surface area (Å²) in [5.41, 5.74) is 8.87. The minimum absolute atomic E-state index is 0.848. The van der Waals surface area contributed by atoms with Gasteiger partial charge in [-0.05, 0) is 81.2 Å². The third kappa shape index (κ3) is 4.00. The van der Waals surface area contributed by atoms with Crippen molar-refractivity contribution in [1.29, 1.82) is 0 Å². The molecule has 2 heterocycles. The molecule has 0 spiro atoms. The lowest BCUT2D eigenvalue weighted by Gasteiger charge is -2.26. The summed E-state index contributed by atoms with van der Waals surface area (Å²) in [5, 5.41) is 9.19. The lowest BCUT2D eigenvalue weighted by Crippen LogP contribution is -2.10. The van der Waals surface area contributed by atoms with Gasteiger partial charge in [-0.3, -0.25) is 0 Å². The second kappa shape index (κ2) is 10.1. The van der Waals surface area contributed by atoms with Crippen LogP contribution in [-0.2, 0) is 0 Å². The molecule has 3 nitrogen and oxygen atoms in total. The van der Waals surface area contributed by atoms with E-state index < -0.39 is 0 Å². The molecule has 3 heteroatoms. The van der Waals surface area contributed by atoms with E-state index in [4.69, 9.17) is 8.83 Å². The fourth-order valence-electron chi connectivity index (χ4n) is 7.26. The van der Waals surface area contributed by atoms with Crippen molar-refractivity contribution in [1.82, 2.24) is 0 Å². The first kappa shape index (κ1) is 26.0. The lowest BCUT2D eigenvalue weighted by molar-refractivity contribution is 0.668. The Morgan fingerprint density at radius 2 is 1.02 bits per heavy atom. The predicted octanol–water partition coefficient (Wildman–Crippen LogP) is 12.9. The summed E-state index contributed by atoms with van der Waals surface area (Å²) in [7, 11) is 0. The van der Waals surface area contributed by atoms with Crippen LogP contribution in [0.15, 0.2) is 173 Å². The Morgan fingerprint density at radius 1 is 0.383 bits per heavy atom. The minimum Gasteiger partial charge on any atom is -0.456 e. The molecule has 10 aromatic rings. The number of fused-ring (bicyclic) bond motifs is 8. The van der Waals surface area contributed by atoms with E-state index in [0.29, 0.717) is 0 Å². The Hall–Kier alpha value is -6.32. The minimum atomic E-state index is 0.848. The van der Waals surface area contributed by atoms with E-state index in [9.17, 15) is 0 Å². The second-order valence-electron chi connectivity index (χ2n) is 12.1. The zero-order chi connectivity index (χ0) is 30.9. The molecule has 0 N–H and O–H groups in total. The van der Waals surface area contributed by atoms with E-state index in [1.165, 1.54) is 27.3 Å². The van der Waals surface area contributed by atoms with Gasteiger partial charge in [0.05, 0.1) is 16.8 Å². The number of benzene rings is 8. The Morgan fingerprint density at radius 3 is 1.89 bits per heavy atom. The number of rotatable bonds is 4. The van der Waals surface area contributed by atoms with Crippen LogP contribution >= 0.6 is 0 Å². The molecular formula is C44H27NO2. The van der Waals surface area contributed by atoms with Crippen LogP contribution in [0.1, 0.15) is 0 Å². The first-order chi connectivity index (χ1) is 23.3. The summed E-state index contributed by atoms with van der Waals surface area (Å²) in [5.74, 6) is 0. The van der Waals surface area contributed by atoms with Crippen molar-refractivity contribution in [3.05, 3.63) is 164 Å². The van der Waals surface area contributed by atoms with Crippen LogP contribution in [0.2, 0.25) is 0 Å². The molecule has 0 aliphatic carbocycles. The molecule has 0 saturated carbocycles. The van der Waals surface area contributed by atoms with Gasteiger partial charge in [0, 0.05) is 21.8 Å². The highest BCUT2D eigenvalue weighted by Crippen LogP contribution is 2.47. The van der Waals surface area contributed by atoms with Gasteiger partial charge in [-0.15, -0.1) is 0 Å². The van der Waals surface area contributed by atoms with Crippen molar-refractivity contribution in [3.8, 4) is 11.1 Å². The Balaban J connectivity index is 1.23. The van der Waals surface area contributed by atoms with E-state index >= 15 is 0 Å². The fourth-order valence-corrected chi connectivity index (χ4v) is 7.26. The van der Waals surface area contributed by atoms with Crippen LogP contribution in [0.3, 0.4) is 0 Å². The molecule has 0 bridgehead atoms. The highest BCUT2D eigenvalue weighted by Gasteiger charge is 2.23. The van der Waals surface area contributed by atoms with Crippen molar-refractivity contribution < 1.29 is 8.83 Å². The maximum atomic E-state index is 6.77. The lowest BCUT2D eigenvalue weighted by atomic mass is 9.98. The Labute approximate surface area is 270 Å². The number of para-hydroxylation sites is 2. The first-order valence-electron chi connectivity index (χ1n) is 15.9. The van der Waals surface area contributed by atoms with Crippen LogP contribution in [0, 0.1) is 0 Å². The molecule has 0 amide bonds. The average Bonchev–Trinajstić information content (AvgIpc) is 3.70. The van der Waals surface area contributed by atoms with Crippen molar-refractivity contribution in [3.63, 3.8) is 0 Å². The van der Waals surface area contributed by atoms with E-state index in [0.717, 1.165) is 66.3 Å². The molecule has 47 heavy (non-hydrogen) atoms. The van der Waals surface area contributed by atoms with Gasteiger partial charge in [0.15, 0.2) is 5.58 Å². The molecule has 0 saturated heterocycles. The van der Waals surface area contributed by atoms with Gasteiger partial charge >= 0.3 is 0 Å². The van der Waals surface area contributed by atoms with Crippen molar-refractivity contribution in [2.45, 2.75) is 0 Å². The van der Waals surface area contributed by atoms with Gasteiger partial charge in [-0.25, -0.2) is 0 Å². The van der Waals surface area contributed by atoms with Crippen LogP contribution in [0.25, 0.3) is 76.5 Å². The zero-order valence-corrected chi connectivity index (χ0v) is 25.4. The molecule has 0 aliphatic heterocycles. The number of anilines is 3. The average molecular weight is 602 g/mol. The van der Waals surface area contributed by atoms with Gasteiger partial charge in [-0.2, -0.15) is 0 Å². The summed E-state index contributed by atoms with van der Waals surface area (Å²) < 4.78 is 13.1. The largest absolute Gasteiger partial charge is 0.456 e. The van der Waals surface area contributed by atoms with Crippen LogP contribution in [0.5, 0.6) is 0 Å². The molecule has 0 fully saturated rings. The van der Waals surface area contributed by atoms with E-state index in [-0.39, 0.29) is 0 Å². The molecule has 0 aliphatic rings. The number of hydrogen-bond acceptors (Lipinski definition) is 3. The SMILES string of the molecule is c1ccc2cc3c(cc2c1)oc1c(N(c2ccc(-c4cccc5ccccc45)cc2)c2cccc4oc5ccccc5c24)cccc13. The van der Waals surface area contributed by atoms with E-state index in [1.54, 1.807) is 0 Å². The van der Waals surface area contributed by atoms with Crippen molar-refractivity contribution >= 4 is 82.5 Å². The monoisotopic (exact) mass is 601 g/mol. The third-order valence-corrected chi connectivity index (χ3v) is 9.43. The summed E-state index contributed by atoms with van der Waals surface area (Å²) in [4.78, 5) is 2.32. The summed E-state index contributed by atoms with van der Waals surface area (Å²) in [6, 6.07) is 57.8. The summed E-state index contributed by atoms with van der Waals surface area (Å²) in [6.45, 7) is 0. The van der Waals surface area contributed by atoms with E-state index in [1.807, 2.05) is 18.2 Å². The molecule has 0 radical (unpaired) electrons. The molecule has 0 unspecified atom stereocenters. The molecule has 8 aromatic carbocycles. The summed E-state index contributed by atoms with van der Waals surface area (Å²) in [6.07, 6.45) is 0. The molecule has 220 valence electrons. The molecule has 0 atom stereocenters. The van der Waals surface area contributed by atoms with Crippen LogP contribution < -0.4 is 4.90 Å². The van der Waals surface area contributed by atoms with Gasteiger partial charge in [0.25, 0.3) is 0 Å². The van der Waals surface area contributed by atoms with Crippen molar-refractivity contribution in [2.75, 3.05) is 4.90 Å². The smallest absolute Gasteiger partial charge is 0.159 e. The highest BCUT2D eigenvalue weighted by atomic mass is 16.3. The van der Waals surface area contributed by atoms with Crippen LogP contribution in [0.4, 0.5) is 17.1 Å². The molecule has 10 rings (SSSR count). The van der Waals surface area contributed by atoms with Gasteiger partial charge < -0.3 is 13.7 Å². The maximum Gasteiger partial charge on any atom is 0.159 e. The first-order valence-corrected chi connectivity index (χ1v) is 15.9. The Bertz CT molecular complexity index is 2800. The third-order valence-electron chi connectivity index (χ3n) is 9.43. The molecular weight excluding hydrogens is 574 g/mol. The van der Waals surface area contributed by atoms with Gasteiger partial charge in [0.1, 0.15) is 16.7 Å². The normalized spacial score (nSPS) is 11.8. The van der Waals surface area contributed by atoms with Gasteiger partial charge in [0.2, 0.25) is 0 Å². The van der Waals surface area contributed by atoms with Crippen molar-refractivity contribution in [2.24, 2.45) is 0 Å². The zero-order valence-electron chi connectivity index (χ0n) is 25.4. The van der Waals surface area contributed by atoms with Crippen LogP contribution in [-0.4, -0.2) is 0 Å². The number of nitrogens with zero attached hydrogens (tertiary/aromatic N) is 1. The number of furan rings is 2. The predicted molar refractivity (Wildman–Crippen MR) is 196 cm³/mol. The quantitative estimate of drug-likeness (QED) is 0.201. The topological polar surface area (TPSA) is 29.5 Å². The number of hydrogen-bond donors (Lipinski definition) is 0. The van der Waals surface area contributed by atoms with E-state index in [2.05, 4.69) is 150 Å². The second-order valence-corrected chi connectivity index (χ2v) is 12.1. The maximum absolute atomic E-state index is 6.77. The highest BCUT2D eigenvalue weighted by molar-refractivity contribution is 6.17. The summed E-state index contributed by atoms with van der Waals surface area (Å²) >= 11 is 0. The Kier molecular flexibility index (Phi) is 5.57. The fraction of sp³-hybridized carbons (Fsp3) is 0. The standard InChI is InChI=1S/C44H27NO2/c1-2-12-31-27-42-37(26-30(31)11-1)35-17-8-19-39(44(35)47-42)45(38-18-9-21-41-43(38)36-15-5-6-20-40(36)46-41)32-24-22-29(23-25-32)34-16-7-13-28-10-3-4-14-33(28)34/h1-27H. The van der Waals surface area contributed by atoms with Gasteiger partial charge in [-0.1, -0.05) is 115 Å². The molecule has 2 aromatic heterocycles.